The molecule has 3 rings (SSSR count). The minimum absolute atomic E-state index is 0.0777. The molecule has 2 bridgehead atoms. The molecule has 3 unspecified atom stereocenters. The zero-order valence-electron chi connectivity index (χ0n) is 10.3. The summed E-state index contributed by atoms with van der Waals surface area (Å²) < 4.78 is 0. The number of fused-ring (bicyclic) bond motifs is 2. The van der Waals surface area contributed by atoms with Gasteiger partial charge < -0.3 is 10.4 Å². The predicted octanol–water partition coefficient (Wildman–Crippen LogP) is 0.974. The van der Waals surface area contributed by atoms with Gasteiger partial charge in [0.25, 0.3) is 0 Å². The van der Waals surface area contributed by atoms with E-state index in [2.05, 4.69) is 17.1 Å². The van der Waals surface area contributed by atoms with Crippen LogP contribution < -0.4 is 5.32 Å². The van der Waals surface area contributed by atoms with Crippen LogP contribution in [0.1, 0.15) is 39.0 Å². The normalized spacial score (nSPS) is 37.9. The molecule has 0 aromatic rings. The van der Waals surface area contributed by atoms with Gasteiger partial charge in [-0.15, -0.1) is 0 Å². The minimum Gasteiger partial charge on any atom is -0.394 e. The van der Waals surface area contributed by atoms with Crippen molar-refractivity contribution < 1.29 is 5.11 Å². The topological polar surface area (TPSA) is 35.5 Å². The first-order valence-corrected chi connectivity index (χ1v) is 6.81. The average molecular weight is 224 g/mol. The van der Waals surface area contributed by atoms with Crippen molar-refractivity contribution in [2.75, 3.05) is 19.7 Å². The molecule has 2 N–H and O–H groups in total. The van der Waals surface area contributed by atoms with E-state index in [4.69, 9.17) is 0 Å². The van der Waals surface area contributed by atoms with Gasteiger partial charge >= 0.3 is 0 Å². The molecule has 3 fully saturated rings. The summed E-state index contributed by atoms with van der Waals surface area (Å²) in [5.41, 5.74) is -0.0777. The van der Waals surface area contributed by atoms with Crippen molar-refractivity contribution in [2.24, 2.45) is 5.92 Å². The van der Waals surface area contributed by atoms with Gasteiger partial charge in [-0.2, -0.15) is 0 Å². The maximum atomic E-state index is 9.60. The van der Waals surface area contributed by atoms with Gasteiger partial charge in [0.2, 0.25) is 0 Å². The van der Waals surface area contributed by atoms with Crippen molar-refractivity contribution in [1.29, 1.82) is 0 Å². The summed E-state index contributed by atoms with van der Waals surface area (Å²) in [5, 5.41) is 13.2. The second-order valence-electron chi connectivity index (χ2n) is 6.40. The second-order valence-corrected chi connectivity index (χ2v) is 6.40. The van der Waals surface area contributed by atoms with Gasteiger partial charge in [-0.25, -0.2) is 0 Å². The Balaban J connectivity index is 1.58. The SMILES string of the molecule is CC(CO)(CN1CC2CCC1C2)NC1CC1. The molecule has 1 saturated heterocycles. The number of likely N-dealkylation sites (tertiary alicyclic amines) is 1. The fraction of sp³-hybridized carbons (Fsp3) is 1.00. The lowest BCUT2D eigenvalue weighted by Gasteiger charge is -2.37. The number of rotatable bonds is 5. The van der Waals surface area contributed by atoms with Gasteiger partial charge in [-0.1, -0.05) is 0 Å². The third-order valence-electron chi connectivity index (χ3n) is 4.55. The van der Waals surface area contributed by atoms with Crippen LogP contribution in [0.2, 0.25) is 0 Å². The molecule has 16 heavy (non-hydrogen) atoms. The van der Waals surface area contributed by atoms with Crippen molar-refractivity contribution in [3.8, 4) is 0 Å². The second kappa shape index (κ2) is 3.97. The summed E-state index contributed by atoms with van der Waals surface area (Å²) in [6.07, 6.45) is 6.82. The third-order valence-corrected chi connectivity index (χ3v) is 4.55. The molecule has 3 heteroatoms. The van der Waals surface area contributed by atoms with Crippen LogP contribution in [-0.2, 0) is 0 Å². The Kier molecular flexibility index (Phi) is 2.73. The molecule has 0 aromatic heterocycles. The number of nitrogens with zero attached hydrogens (tertiary/aromatic N) is 1. The van der Waals surface area contributed by atoms with Crippen molar-refractivity contribution in [1.82, 2.24) is 10.2 Å². The van der Waals surface area contributed by atoms with E-state index in [1.165, 1.54) is 38.6 Å². The molecular formula is C13H24N2O. The van der Waals surface area contributed by atoms with E-state index < -0.39 is 0 Å². The van der Waals surface area contributed by atoms with Crippen LogP contribution in [0, 0.1) is 5.92 Å². The van der Waals surface area contributed by atoms with E-state index in [1.54, 1.807) is 0 Å². The van der Waals surface area contributed by atoms with Gasteiger partial charge in [0.1, 0.15) is 0 Å². The average Bonchev–Trinajstić information content (AvgIpc) is 2.83. The molecule has 2 saturated carbocycles. The highest BCUT2D eigenvalue weighted by Gasteiger charge is 2.41. The summed E-state index contributed by atoms with van der Waals surface area (Å²) in [6.45, 7) is 4.74. The Morgan fingerprint density at radius 3 is 2.62 bits per heavy atom. The lowest BCUT2D eigenvalue weighted by molar-refractivity contribution is 0.101. The van der Waals surface area contributed by atoms with Crippen LogP contribution >= 0.6 is 0 Å². The van der Waals surface area contributed by atoms with Gasteiger partial charge in [0, 0.05) is 25.2 Å². The Bertz CT molecular complexity index is 267. The number of piperidine rings is 1. The molecule has 0 spiro atoms. The predicted molar refractivity (Wildman–Crippen MR) is 64.4 cm³/mol. The Morgan fingerprint density at radius 1 is 1.31 bits per heavy atom. The standard InChI is InChI=1S/C13H24N2O/c1-13(9-16,14-11-3-4-11)8-15-7-10-2-5-12(15)6-10/h10-12,14,16H,2-9H2,1H3. The maximum Gasteiger partial charge on any atom is 0.0623 e. The monoisotopic (exact) mass is 224 g/mol. The lowest BCUT2D eigenvalue weighted by atomic mass is 10.0. The van der Waals surface area contributed by atoms with Crippen molar-refractivity contribution in [3.63, 3.8) is 0 Å². The molecule has 3 nitrogen and oxygen atoms in total. The van der Waals surface area contributed by atoms with Crippen molar-refractivity contribution in [2.45, 2.75) is 56.7 Å². The Morgan fingerprint density at radius 2 is 2.12 bits per heavy atom. The van der Waals surface area contributed by atoms with E-state index in [0.29, 0.717) is 6.04 Å². The first-order valence-electron chi connectivity index (χ1n) is 6.81. The van der Waals surface area contributed by atoms with Gasteiger partial charge in [-0.05, 0) is 44.9 Å². The number of aliphatic hydroxyl groups excluding tert-OH is 1. The lowest BCUT2D eigenvalue weighted by Crippen LogP contribution is -2.56. The van der Waals surface area contributed by atoms with E-state index >= 15 is 0 Å². The zero-order chi connectivity index (χ0) is 11.2. The van der Waals surface area contributed by atoms with Crippen LogP contribution in [0.4, 0.5) is 0 Å². The number of nitrogens with one attached hydrogen (secondary N) is 1. The van der Waals surface area contributed by atoms with Crippen LogP contribution in [0.25, 0.3) is 0 Å². The highest BCUT2D eigenvalue weighted by atomic mass is 16.3. The maximum absolute atomic E-state index is 9.60. The fourth-order valence-electron chi connectivity index (χ4n) is 3.53. The molecule has 0 aromatic carbocycles. The molecule has 92 valence electrons. The highest BCUT2D eigenvalue weighted by molar-refractivity contribution is 4.99. The van der Waals surface area contributed by atoms with Crippen LogP contribution in [0.5, 0.6) is 0 Å². The molecule has 1 heterocycles. The van der Waals surface area contributed by atoms with E-state index in [1.807, 2.05) is 0 Å². The number of aliphatic hydroxyl groups is 1. The molecule has 0 amide bonds. The van der Waals surface area contributed by atoms with Gasteiger partial charge in [0.15, 0.2) is 0 Å². The van der Waals surface area contributed by atoms with E-state index in [9.17, 15) is 5.11 Å². The summed E-state index contributed by atoms with van der Waals surface area (Å²) in [6, 6.07) is 1.49. The molecular weight excluding hydrogens is 200 g/mol. The fourth-order valence-corrected chi connectivity index (χ4v) is 3.53. The number of hydrogen-bond donors (Lipinski definition) is 2. The highest BCUT2D eigenvalue weighted by Crippen LogP contribution is 2.38. The quantitative estimate of drug-likeness (QED) is 0.730. The van der Waals surface area contributed by atoms with Crippen LogP contribution in [0.3, 0.4) is 0 Å². The summed E-state index contributed by atoms with van der Waals surface area (Å²) in [5.74, 6) is 0.953. The Labute approximate surface area is 98.2 Å². The molecule has 3 aliphatic rings. The zero-order valence-corrected chi connectivity index (χ0v) is 10.3. The van der Waals surface area contributed by atoms with E-state index in [0.717, 1.165) is 18.5 Å². The van der Waals surface area contributed by atoms with Gasteiger partial charge in [0.05, 0.1) is 12.1 Å². The van der Waals surface area contributed by atoms with E-state index in [-0.39, 0.29) is 12.1 Å². The first-order chi connectivity index (χ1) is 7.68. The van der Waals surface area contributed by atoms with Crippen LogP contribution in [-0.4, -0.2) is 47.3 Å². The largest absolute Gasteiger partial charge is 0.394 e. The summed E-state index contributed by atoms with van der Waals surface area (Å²) in [4.78, 5) is 2.61. The summed E-state index contributed by atoms with van der Waals surface area (Å²) in [7, 11) is 0. The molecule has 3 atom stereocenters. The molecule has 0 radical (unpaired) electrons. The molecule has 1 aliphatic heterocycles. The molecule has 2 aliphatic carbocycles. The minimum atomic E-state index is -0.0777. The van der Waals surface area contributed by atoms with Crippen LogP contribution in [0.15, 0.2) is 0 Å². The first kappa shape index (κ1) is 11.0. The van der Waals surface area contributed by atoms with Gasteiger partial charge in [-0.3, -0.25) is 4.90 Å². The smallest absolute Gasteiger partial charge is 0.0623 e. The third kappa shape index (κ3) is 2.13. The number of hydrogen-bond acceptors (Lipinski definition) is 3. The van der Waals surface area contributed by atoms with Crippen molar-refractivity contribution in [3.05, 3.63) is 0 Å². The summed E-state index contributed by atoms with van der Waals surface area (Å²) >= 11 is 0. The van der Waals surface area contributed by atoms with Crippen molar-refractivity contribution >= 4 is 0 Å². The Hall–Kier alpha value is -0.120.